The second kappa shape index (κ2) is 4.94. The lowest BCUT2D eigenvalue weighted by Gasteiger charge is -2.32. The van der Waals surface area contributed by atoms with Gasteiger partial charge in [0.15, 0.2) is 0 Å². The molecular formula is C14H17BN4O. The van der Waals surface area contributed by atoms with E-state index in [1.807, 2.05) is 17.9 Å². The predicted octanol–water partition coefficient (Wildman–Crippen LogP) is -0.176. The molecule has 0 atom stereocenters. The van der Waals surface area contributed by atoms with Gasteiger partial charge in [-0.1, -0.05) is 11.5 Å². The molecule has 0 spiro atoms. The molecule has 0 aromatic carbocycles. The molecule has 2 radical (unpaired) electrons. The highest BCUT2D eigenvalue weighted by Crippen LogP contribution is 2.14. The van der Waals surface area contributed by atoms with Crippen LogP contribution in [0.5, 0.6) is 0 Å². The van der Waals surface area contributed by atoms with E-state index in [4.69, 9.17) is 7.85 Å². The Balaban J connectivity index is 1.98. The molecule has 0 unspecified atom stereocenters. The van der Waals surface area contributed by atoms with Gasteiger partial charge in [-0.3, -0.25) is 9.20 Å². The van der Waals surface area contributed by atoms with E-state index >= 15 is 0 Å². The number of hydrogen-bond donors (Lipinski definition) is 0. The molecule has 1 amide bonds. The van der Waals surface area contributed by atoms with E-state index in [-0.39, 0.29) is 5.91 Å². The van der Waals surface area contributed by atoms with Gasteiger partial charge in [-0.15, -0.1) is 0 Å². The number of carbonyl (C=O) groups is 1. The van der Waals surface area contributed by atoms with Crippen molar-refractivity contribution >= 4 is 24.9 Å². The van der Waals surface area contributed by atoms with Crippen LogP contribution in [0.3, 0.4) is 0 Å². The largest absolute Gasteiger partial charge is 0.335 e. The standard InChI is InChI=1S/C14H17BN4O/c1-10-13(14(20)18-7-5-17(2)6-8-18)19-9-11(15)3-4-12(19)16-10/h3-4,9H,5-8H2,1-2H3. The average Bonchev–Trinajstić information content (AvgIpc) is 2.74. The number of fused-ring (bicyclic) bond motifs is 1. The molecule has 1 aliphatic heterocycles. The number of imidazole rings is 1. The van der Waals surface area contributed by atoms with Crippen LogP contribution in [-0.4, -0.2) is 66.2 Å². The monoisotopic (exact) mass is 268 g/mol. The van der Waals surface area contributed by atoms with Gasteiger partial charge in [0.2, 0.25) is 0 Å². The zero-order chi connectivity index (χ0) is 14.3. The Bertz CT molecular complexity index is 658. The number of aryl methyl sites for hydroxylation is 1. The van der Waals surface area contributed by atoms with E-state index in [1.165, 1.54) is 0 Å². The quantitative estimate of drug-likeness (QED) is 0.674. The molecule has 1 fully saturated rings. The Labute approximate surface area is 119 Å². The Morgan fingerprint density at radius 1 is 1.25 bits per heavy atom. The summed E-state index contributed by atoms with van der Waals surface area (Å²) in [5.41, 5.74) is 2.76. The number of pyridine rings is 1. The predicted molar refractivity (Wildman–Crippen MR) is 78.7 cm³/mol. The molecule has 2 aromatic rings. The number of carbonyl (C=O) groups excluding carboxylic acids is 1. The van der Waals surface area contributed by atoms with Gasteiger partial charge >= 0.3 is 0 Å². The van der Waals surface area contributed by atoms with E-state index in [0.717, 1.165) is 37.5 Å². The summed E-state index contributed by atoms with van der Waals surface area (Å²) in [5, 5.41) is 0. The molecule has 0 saturated carbocycles. The van der Waals surface area contributed by atoms with Gasteiger partial charge in [-0.05, 0) is 20.0 Å². The summed E-state index contributed by atoms with van der Waals surface area (Å²) < 4.78 is 1.80. The maximum absolute atomic E-state index is 12.7. The van der Waals surface area contributed by atoms with Crippen LogP contribution < -0.4 is 5.46 Å². The van der Waals surface area contributed by atoms with Crippen LogP contribution in [0, 0.1) is 6.92 Å². The second-order valence-electron chi connectivity index (χ2n) is 5.33. The van der Waals surface area contributed by atoms with E-state index in [2.05, 4.69) is 16.9 Å². The molecule has 1 saturated heterocycles. The summed E-state index contributed by atoms with van der Waals surface area (Å²) in [4.78, 5) is 21.3. The van der Waals surface area contributed by atoms with Crippen molar-refractivity contribution in [3.05, 3.63) is 29.7 Å². The summed E-state index contributed by atoms with van der Waals surface area (Å²) in [6, 6.07) is 3.63. The van der Waals surface area contributed by atoms with Gasteiger partial charge in [-0.2, -0.15) is 0 Å². The number of likely N-dealkylation sites (N-methyl/N-ethyl adjacent to an activating group) is 1. The maximum Gasteiger partial charge on any atom is 0.272 e. The second-order valence-corrected chi connectivity index (χ2v) is 5.33. The Morgan fingerprint density at radius 3 is 2.65 bits per heavy atom. The first-order valence-electron chi connectivity index (χ1n) is 6.78. The third kappa shape index (κ3) is 2.20. The Hall–Kier alpha value is -1.82. The summed E-state index contributed by atoms with van der Waals surface area (Å²) in [5.74, 6) is 0.0358. The minimum atomic E-state index is 0.0358. The molecule has 20 heavy (non-hydrogen) atoms. The van der Waals surface area contributed by atoms with E-state index in [9.17, 15) is 4.79 Å². The van der Waals surface area contributed by atoms with Crippen molar-refractivity contribution in [1.29, 1.82) is 0 Å². The summed E-state index contributed by atoms with van der Waals surface area (Å²) in [7, 11) is 7.89. The zero-order valence-corrected chi connectivity index (χ0v) is 11.8. The van der Waals surface area contributed by atoms with E-state index in [0.29, 0.717) is 11.2 Å². The number of aromatic nitrogens is 2. The fourth-order valence-corrected chi connectivity index (χ4v) is 2.60. The van der Waals surface area contributed by atoms with Crippen molar-refractivity contribution in [1.82, 2.24) is 19.2 Å². The minimum Gasteiger partial charge on any atom is -0.335 e. The van der Waals surface area contributed by atoms with Crippen molar-refractivity contribution in [2.24, 2.45) is 0 Å². The smallest absolute Gasteiger partial charge is 0.272 e. The van der Waals surface area contributed by atoms with Gasteiger partial charge in [-0.25, -0.2) is 4.98 Å². The summed E-state index contributed by atoms with van der Waals surface area (Å²) in [6.45, 7) is 5.19. The number of rotatable bonds is 1. The van der Waals surface area contributed by atoms with Crippen LogP contribution in [0.1, 0.15) is 16.2 Å². The number of nitrogens with zero attached hydrogens (tertiary/aromatic N) is 4. The first kappa shape index (κ1) is 13.2. The average molecular weight is 268 g/mol. The van der Waals surface area contributed by atoms with Crippen molar-refractivity contribution in [2.45, 2.75) is 6.92 Å². The normalized spacial score (nSPS) is 16.8. The number of piperazine rings is 1. The Kier molecular flexibility index (Phi) is 3.26. The number of hydrogen-bond acceptors (Lipinski definition) is 3. The van der Waals surface area contributed by atoms with Crippen LogP contribution >= 0.6 is 0 Å². The first-order valence-corrected chi connectivity index (χ1v) is 6.78. The zero-order valence-electron chi connectivity index (χ0n) is 11.8. The molecular weight excluding hydrogens is 251 g/mol. The Morgan fingerprint density at radius 2 is 1.95 bits per heavy atom. The minimum absolute atomic E-state index is 0.0358. The van der Waals surface area contributed by atoms with Crippen molar-refractivity contribution in [3.63, 3.8) is 0 Å². The highest BCUT2D eigenvalue weighted by molar-refractivity contribution is 6.32. The molecule has 6 heteroatoms. The molecule has 0 N–H and O–H groups in total. The van der Waals surface area contributed by atoms with Crippen LogP contribution in [0.25, 0.3) is 5.65 Å². The molecule has 3 heterocycles. The molecule has 5 nitrogen and oxygen atoms in total. The molecule has 2 aromatic heterocycles. The van der Waals surface area contributed by atoms with Crippen LogP contribution in [0.4, 0.5) is 0 Å². The first-order chi connectivity index (χ1) is 9.56. The maximum atomic E-state index is 12.7. The summed E-state index contributed by atoms with van der Waals surface area (Å²) >= 11 is 0. The third-order valence-electron chi connectivity index (χ3n) is 3.81. The lowest BCUT2D eigenvalue weighted by Crippen LogP contribution is -2.47. The van der Waals surface area contributed by atoms with Crippen LogP contribution in [0.2, 0.25) is 0 Å². The van der Waals surface area contributed by atoms with Crippen molar-refractivity contribution in [2.75, 3.05) is 33.2 Å². The highest BCUT2D eigenvalue weighted by Gasteiger charge is 2.24. The molecule has 1 aliphatic rings. The lowest BCUT2D eigenvalue weighted by atomic mass is 9.99. The molecule has 3 rings (SSSR count). The van der Waals surface area contributed by atoms with Crippen LogP contribution in [-0.2, 0) is 0 Å². The van der Waals surface area contributed by atoms with Crippen molar-refractivity contribution < 1.29 is 4.79 Å². The van der Waals surface area contributed by atoms with E-state index in [1.54, 1.807) is 16.7 Å². The van der Waals surface area contributed by atoms with E-state index < -0.39 is 0 Å². The van der Waals surface area contributed by atoms with Gasteiger partial charge in [0, 0.05) is 32.4 Å². The van der Waals surface area contributed by atoms with Gasteiger partial charge in [0.25, 0.3) is 5.91 Å². The van der Waals surface area contributed by atoms with Gasteiger partial charge < -0.3 is 9.80 Å². The lowest BCUT2D eigenvalue weighted by molar-refractivity contribution is 0.0656. The third-order valence-corrected chi connectivity index (χ3v) is 3.81. The number of amides is 1. The van der Waals surface area contributed by atoms with Crippen molar-refractivity contribution in [3.8, 4) is 0 Å². The fourth-order valence-electron chi connectivity index (χ4n) is 2.60. The SMILES string of the molecule is [B]c1ccc2nc(C)c(C(=O)N3CCN(C)CC3)n2c1. The highest BCUT2D eigenvalue weighted by atomic mass is 16.2. The van der Waals surface area contributed by atoms with Crippen LogP contribution in [0.15, 0.2) is 18.3 Å². The topological polar surface area (TPSA) is 40.9 Å². The van der Waals surface area contributed by atoms with Gasteiger partial charge in [0.1, 0.15) is 19.2 Å². The molecule has 0 aliphatic carbocycles. The molecule has 102 valence electrons. The van der Waals surface area contributed by atoms with Gasteiger partial charge in [0.05, 0.1) is 5.69 Å². The molecule has 0 bridgehead atoms. The fraction of sp³-hybridized carbons (Fsp3) is 0.429. The summed E-state index contributed by atoms with van der Waals surface area (Å²) in [6.07, 6.45) is 1.76.